The summed E-state index contributed by atoms with van der Waals surface area (Å²) in [6.45, 7) is 2.89. The zero-order valence-electron chi connectivity index (χ0n) is 17.6. The van der Waals surface area contributed by atoms with Crippen LogP contribution in [0.25, 0.3) is 0 Å². The number of hydrogen-bond acceptors (Lipinski definition) is 8. The lowest BCUT2D eigenvalue weighted by atomic mass is 10.3. The van der Waals surface area contributed by atoms with Gasteiger partial charge in [-0.05, 0) is 87.5 Å². The van der Waals surface area contributed by atoms with Crippen LogP contribution in [0, 0.1) is 0 Å². The first kappa shape index (κ1) is 27.3. The molecular formula is C20H42N2O2S4. The summed E-state index contributed by atoms with van der Waals surface area (Å²) in [6, 6.07) is 0. The largest absolute Gasteiger partial charge is 0.396 e. The smallest absolute Gasteiger partial charge is 0.0452 e. The second-order valence-corrected chi connectivity index (χ2v) is 11.5. The van der Waals surface area contributed by atoms with Gasteiger partial charge in [0.1, 0.15) is 0 Å². The molecule has 0 aromatic rings. The van der Waals surface area contributed by atoms with Crippen LogP contribution >= 0.6 is 47.0 Å². The third-order valence-electron chi connectivity index (χ3n) is 4.52. The molecule has 0 bridgehead atoms. The molecule has 1 fully saturated rings. The molecule has 168 valence electrons. The Bertz CT molecular complexity index is 281. The fraction of sp³-hybridized carbons (Fsp3) is 1.00. The second kappa shape index (κ2) is 21.5. The maximum Gasteiger partial charge on any atom is 0.0452 e. The standard InChI is InChI=1S/C20H42N2O2S4/c23-11-3-1-9-21-17-25-13-5-7-15-27-19-22(10-2-4-12-24)20-28-16-8-6-14-26-18-21/h23-24H,1-20H2. The molecule has 1 rings (SSSR count). The highest BCUT2D eigenvalue weighted by molar-refractivity contribution is 8.00. The van der Waals surface area contributed by atoms with Gasteiger partial charge in [0, 0.05) is 36.7 Å². The van der Waals surface area contributed by atoms with Gasteiger partial charge in [0.25, 0.3) is 0 Å². The number of aliphatic hydroxyl groups excluding tert-OH is 2. The number of rotatable bonds is 8. The van der Waals surface area contributed by atoms with E-state index in [2.05, 4.69) is 56.8 Å². The first-order chi connectivity index (χ1) is 13.9. The predicted octanol–water partition coefficient (Wildman–Crippen LogP) is 4.47. The highest BCUT2D eigenvalue weighted by Gasteiger charge is 2.07. The fourth-order valence-corrected chi connectivity index (χ4v) is 7.11. The molecule has 0 aliphatic carbocycles. The Balaban J connectivity index is 2.31. The van der Waals surface area contributed by atoms with Crippen molar-refractivity contribution in [2.24, 2.45) is 0 Å². The lowest BCUT2D eigenvalue weighted by Gasteiger charge is -2.22. The number of aliphatic hydroxyl groups is 2. The highest BCUT2D eigenvalue weighted by Crippen LogP contribution is 2.18. The van der Waals surface area contributed by atoms with Crippen LogP contribution in [-0.4, -0.2) is 92.8 Å². The van der Waals surface area contributed by atoms with Gasteiger partial charge in [-0.3, -0.25) is 9.80 Å². The zero-order chi connectivity index (χ0) is 20.1. The molecule has 0 aromatic heterocycles. The van der Waals surface area contributed by atoms with E-state index in [1.54, 1.807) is 0 Å². The summed E-state index contributed by atoms with van der Waals surface area (Å²) in [6.07, 6.45) is 9.33. The topological polar surface area (TPSA) is 46.9 Å². The van der Waals surface area contributed by atoms with E-state index in [0.717, 1.165) is 62.3 Å². The van der Waals surface area contributed by atoms with Crippen molar-refractivity contribution in [1.29, 1.82) is 0 Å². The van der Waals surface area contributed by atoms with Crippen molar-refractivity contribution in [3.8, 4) is 0 Å². The molecule has 1 saturated heterocycles. The Morgan fingerprint density at radius 2 is 0.821 bits per heavy atom. The van der Waals surface area contributed by atoms with Crippen LogP contribution in [0.2, 0.25) is 0 Å². The lowest BCUT2D eigenvalue weighted by molar-refractivity contribution is 0.270. The van der Waals surface area contributed by atoms with Gasteiger partial charge in [-0.1, -0.05) is 0 Å². The molecule has 0 spiro atoms. The molecule has 0 unspecified atom stereocenters. The van der Waals surface area contributed by atoms with Crippen LogP contribution in [0.15, 0.2) is 0 Å². The summed E-state index contributed by atoms with van der Waals surface area (Å²) in [7, 11) is 0. The maximum atomic E-state index is 9.02. The molecule has 0 atom stereocenters. The van der Waals surface area contributed by atoms with Gasteiger partial charge < -0.3 is 10.2 Å². The SMILES string of the molecule is OCCCCN1CSCCCCSCN(CCCCO)CSCCCCSC1. The van der Waals surface area contributed by atoms with Gasteiger partial charge in [0.05, 0.1) is 0 Å². The highest BCUT2D eigenvalue weighted by atomic mass is 32.2. The van der Waals surface area contributed by atoms with Crippen LogP contribution in [0.3, 0.4) is 0 Å². The molecule has 0 amide bonds. The summed E-state index contributed by atoms with van der Waals surface area (Å²) < 4.78 is 0. The van der Waals surface area contributed by atoms with E-state index in [0.29, 0.717) is 13.2 Å². The minimum atomic E-state index is 0.322. The van der Waals surface area contributed by atoms with E-state index in [9.17, 15) is 0 Å². The van der Waals surface area contributed by atoms with E-state index in [4.69, 9.17) is 10.2 Å². The van der Waals surface area contributed by atoms with Gasteiger partial charge in [-0.15, -0.1) is 47.0 Å². The van der Waals surface area contributed by atoms with Crippen LogP contribution in [0.1, 0.15) is 51.4 Å². The molecule has 0 saturated carbocycles. The van der Waals surface area contributed by atoms with Gasteiger partial charge in [-0.2, -0.15) is 0 Å². The van der Waals surface area contributed by atoms with Crippen molar-refractivity contribution >= 4 is 47.0 Å². The van der Waals surface area contributed by atoms with Gasteiger partial charge in [0.15, 0.2) is 0 Å². The van der Waals surface area contributed by atoms with Crippen LogP contribution in [0.4, 0.5) is 0 Å². The van der Waals surface area contributed by atoms with Crippen molar-refractivity contribution in [3.63, 3.8) is 0 Å². The van der Waals surface area contributed by atoms with Gasteiger partial charge in [0.2, 0.25) is 0 Å². The molecule has 1 heterocycles. The Labute approximate surface area is 190 Å². The van der Waals surface area contributed by atoms with Crippen molar-refractivity contribution in [3.05, 3.63) is 0 Å². The molecular weight excluding hydrogens is 429 g/mol. The maximum absolute atomic E-state index is 9.02. The summed E-state index contributed by atoms with van der Waals surface area (Å²) in [4.78, 5) is 5.14. The molecule has 1 aliphatic heterocycles. The van der Waals surface area contributed by atoms with Crippen molar-refractivity contribution in [2.75, 3.05) is 72.8 Å². The number of nitrogens with zero attached hydrogens (tertiary/aromatic N) is 2. The second-order valence-electron chi connectivity index (χ2n) is 7.21. The predicted molar refractivity (Wildman–Crippen MR) is 134 cm³/mol. The molecule has 4 nitrogen and oxygen atoms in total. The van der Waals surface area contributed by atoms with E-state index >= 15 is 0 Å². The van der Waals surface area contributed by atoms with Crippen molar-refractivity contribution in [2.45, 2.75) is 51.4 Å². The van der Waals surface area contributed by atoms with Crippen molar-refractivity contribution in [1.82, 2.24) is 9.80 Å². The van der Waals surface area contributed by atoms with Crippen molar-refractivity contribution < 1.29 is 10.2 Å². The zero-order valence-corrected chi connectivity index (χ0v) is 20.8. The normalized spacial score (nSPS) is 21.2. The minimum Gasteiger partial charge on any atom is -0.396 e. The molecule has 8 heteroatoms. The molecule has 1 aliphatic rings. The molecule has 0 aromatic carbocycles. The summed E-state index contributed by atoms with van der Waals surface area (Å²) in [5.74, 6) is 9.60. The quantitative estimate of drug-likeness (QED) is 0.504. The Kier molecular flexibility index (Phi) is 20.9. The molecule has 0 radical (unpaired) electrons. The summed E-state index contributed by atoms with van der Waals surface area (Å²) >= 11 is 8.32. The van der Waals surface area contributed by atoms with Crippen LogP contribution in [-0.2, 0) is 0 Å². The van der Waals surface area contributed by atoms with E-state index < -0.39 is 0 Å². The fourth-order valence-electron chi connectivity index (χ4n) is 2.82. The Morgan fingerprint density at radius 3 is 1.11 bits per heavy atom. The Morgan fingerprint density at radius 1 is 0.500 bits per heavy atom. The van der Waals surface area contributed by atoms with E-state index in [-0.39, 0.29) is 0 Å². The molecule has 28 heavy (non-hydrogen) atoms. The van der Waals surface area contributed by atoms with Crippen LogP contribution in [0.5, 0.6) is 0 Å². The first-order valence-electron chi connectivity index (χ1n) is 10.8. The molecule has 2 N–H and O–H groups in total. The monoisotopic (exact) mass is 470 g/mol. The number of unbranched alkanes of at least 4 members (excludes halogenated alkanes) is 2. The Hall–Kier alpha value is 1.24. The number of hydrogen-bond donors (Lipinski definition) is 2. The third-order valence-corrected chi connectivity index (χ3v) is 9.02. The van der Waals surface area contributed by atoms with E-state index in [1.807, 2.05) is 0 Å². The minimum absolute atomic E-state index is 0.322. The third kappa shape index (κ3) is 17.0. The van der Waals surface area contributed by atoms with Gasteiger partial charge >= 0.3 is 0 Å². The average molecular weight is 471 g/mol. The van der Waals surface area contributed by atoms with E-state index in [1.165, 1.54) is 48.7 Å². The summed E-state index contributed by atoms with van der Waals surface area (Å²) in [5, 5.41) is 18.0. The summed E-state index contributed by atoms with van der Waals surface area (Å²) in [5.41, 5.74) is 0. The average Bonchev–Trinajstić information content (AvgIpc) is 2.70. The first-order valence-corrected chi connectivity index (χ1v) is 15.5. The van der Waals surface area contributed by atoms with Crippen LogP contribution < -0.4 is 0 Å². The lowest BCUT2D eigenvalue weighted by Crippen LogP contribution is -2.25. The number of thioether (sulfide) groups is 4. The van der Waals surface area contributed by atoms with Gasteiger partial charge in [-0.25, -0.2) is 0 Å².